The highest BCUT2D eigenvalue weighted by molar-refractivity contribution is 9.10. The van der Waals surface area contributed by atoms with Crippen molar-refractivity contribution in [2.75, 3.05) is 0 Å². The van der Waals surface area contributed by atoms with Crippen molar-refractivity contribution in [2.45, 2.75) is 13.8 Å². The number of aryl methyl sites for hydroxylation is 1. The SMILES string of the molecule is C/C(=N/NC(=O)c1ccccc1Br)c1ccc(C)c([N+](=O)[O-])c1. The molecule has 118 valence electrons. The number of hydrogen-bond donors (Lipinski definition) is 1. The third kappa shape index (κ3) is 4.01. The lowest BCUT2D eigenvalue weighted by atomic mass is 10.1. The van der Waals surface area contributed by atoms with E-state index in [1.54, 1.807) is 50.2 Å². The van der Waals surface area contributed by atoms with Crippen molar-refractivity contribution in [1.29, 1.82) is 0 Å². The Morgan fingerprint density at radius 3 is 2.61 bits per heavy atom. The first-order chi connectivity index (χ1) is 10.9. The van der Waals surface area contributed by atoms with Crippen LogP contribution in [0.2, 0.25) is 0 Å². The molecule has 0 spiro atoms. The lowest BCUT2D eigenvalue weighted by molar-refractivity contribution is -0.385. The zero-order valence-electron chi connectivity index (χ0n) is 12.5. The minimum absolute atomic E-state index is 0.0224. The molecule has 0 aliphatic heterocycles. The van der Waals surface area contributed by atoms with E-state index in [9.17, 15) is 14.9 Å². The van der Waals surface area contributed by atoms with Gasteiger partial charge in [-0.2, -0.15) is 5.10 Å². The summed E-state index contributed by atoms with van der Waals surface area (Å²) in [4.78, 5) is 22.6. The molecular formula is C16H14BrN3O3. The van der Waals surface area contributed by atoms with Gasteiger partial charge in [-0.25, -0.2) is 5.43 Å². The Labute approximate surface area is 141 Å². The summed E-state index contributed by atoms with van der Waals surface area (Å²) in [5.74, 6) is -0.363. The van der Waals surface area contributed by atoms with Crippen LogP contribution in [0.5, 0.6) is 0 Å². The lowest BCUT2D eigenvalue weighted by Crippen LogP contribution is -2.19. The number of halogens is 1. The molecule has 0 fully saturated rings. The quantitative estimate of drug-likeness (QED) is 0.500. The molecule has 0 aliphatic rings. The number of rotatable bonds is 4. The second kappa shape index (κ2) is 7.15. The molecule has 23 heavy (non-hydrogen) atoms. The van der Waals surface area contributed by atoms with E-state index in [-0.39, 0.29) is 11.6 Å². The fraction of sp³-hybridized carbons (Fsp3) is 0.125. The van der Waals surface area contributed by atoms with Crippen molar-refractivity contribution < 1.29 is 9.72 Å². The first-order valence-electron chi connectivity index (χ1n) is 6.74. The molecule has 2 aromatic rings. The van der Waals surface area contributed by atoms with E-state index >= 15 is 0 Å². The second-order valence-corrected chi connectivity index (χ2v) is 5.73. The Hall–Kier alpha value is -2.54. The summed E-state index contributed by atoms with van der Waals surface area (Å²) >= 11 is 3.30. The number of nitro benzene ring substituents is 1. The van der Waals surface area contributed by atoms with E-state index in [0.717, 1.165) is 0 Å². The van der Waals surface area contributed by atoms with E-state index < -0.39 is 4.92 Å². The van der Waals surface area contributed by atoms with E-state index in [0.29, 0.717) is 26.9 Å². The average molecular weight is 376 g/mol. The third-order valence-corrected chi connectivity index (χ3v) is 3.96. The van der Waals surface area contributed by atoms with Crippen LogP contribution in [0.25, 0.3) is 0 Å². The highest BCUT2D eigenvalue weighted by Crippen LogP contribution is 2.20. The van der Waals surface area contributed by atoms with Gasteiger partial charge in [0, 0.05) is 21.7 Å². The van der Waals surface area contributed by atoms with E-state index in [4.69, 9.17) is 0 Å². The maximum absolute atomic E-state index is 12.1. The first kappa shape index (κ1) is 16.8. The van der Waals surface area contributed by atoms with Gasteiger partial charge in [0.15, 0.2) is 0 Å². The van der Waals surface area contributed by atoms with E-state index in [1.165, 1.54) is 6.07 Å². The predicted molar refractivity (Wildman–Crippen MR) is 91.7 cm³/mol. The molecular weight excluding hydrogens is 362 g/mol. The van der Waals surface area contributed by atoms with Crippen molar-refractivity contribution >= 4 is 33.2 Å². The molecule has 0 saturated heterocycles. The van der Waals surface area contributed by atoms with Crippen LogP contribution in [-0.2, 0) is 0 Å². The van der Waals surface area contributed by atoms with Crippen LogP contribution in [0.15, 0.2) is 52.0 Å². The van der Waals surface area contributed by atoms with Crippen LogP contribution in [0, 0.1) is 17.0 Å². The fourth-order valence-corrected chi connectivity index (χ4v) is 2.40. The molecule has 0 radical (unpaired) electrons. The molecule has 1 N–H and O–H groups in total. The lowest BCUT2D eigenvalue weighted by Gasteiger charge is -2.05. The normalized spacial score (nSPS) is 11.2. The van der Waals surface area contributed by atoms with Crippen LogP contribution in [0.3, 0.4) is 0 Å². The van der Waals surface area contributed by atoms with E-state index in [2.05, 4.69) is 26.5 Å². The number of carbonyl (C=O) groups excluding carboxylic acids is 1. The summed E-state index contributed by atoms with van der Waals surface area (Å²) < 4.78 is 0.663. The van der Waals surface area contributed by atoms with Crippen molar-refractivity contribution in [1.82, 2.24) is 5.43 Å². The topological polar surface area (TPSA) is 84.6 Å². The van der Waals surface area contributed by atoms with Gasteiger partial charge in [0.1, 0.15) is 0 Å². The van der Waals surface area contributed by atoms with Crippen molar-refractivity contribution in [3.63, 3.8) is 0 Å². The Kier molecular flexibility index (Phi) is 5.23. The number of benzene rings is 2. The predicted octanol–water partition coefficient (Wildman–Crippen LogP) is 3.82. The van der Waals surface area contributed by atoms with Crippen LogP contribution < -0.4 is 5.43 Å². The zero-order valence-corrected chi connectivity index (χ0v) is 14.1. The highest BCUT2D eigenvalue weighted by Gasteiger charge is 2.13. The van der Waals surface area contributed by atoms with Gasteiger partial charge in [-0.1, -0.05) is 24.3 Å². The molecule has 0 aromatic heterocycles. The summed E-state index contributed by atoms with van der Waals surface area (Å²) in [7, 11) is 0. The third-order valence-electron chi connectivity index (χ3n) is 3.27. The summed E-state index contributed by atoms with van der Waals surface area (Å²) in [5, 5.41) is 15.0. The molecule has 2 rings (SSSR count). The average Bonchev–Trinajstić information content (AvgIpc) is 2.52. The number of nitrogens with zero attached hydrogens (tertiary/aromatic N) is 2. The summed E-state index contributed by atoms with van der Waals surface area (Å²) in [6.45, 7) is 3.35. The summed E-state index contributed by atoms with van der Waals surface area (Å²) in [6, 6.07) is 11.8. The van der Waals surface area contributed by atoms with Gasteiger partial charge in [0.25, 0.3) is 11.6 Å². The van der Waals surface area contributed by atoms with Gasteiger partial charge < -0.3 is 0 Å². The Bertz CT molecular complexity index is 803. The molecule has 0 bridgehead atoms. The maximum Gasteiger partial charge on any atom is 0.272 e. The Morgan fingerprint density at radius 2 is 1.96 bits per heavy atom. The largest absolute Gasteiger partial charge is 0.272 e. The van der Waals surface area contributed by atoms with Gasteiger partial charge >= 0.3 is 0 Å². The van der Waals surface area contributed by atoms with Gasteiger partial charge in [0.05, 0.1) is 16.2 Å². The maximum atomic E-state index is 12.1. The first-order valence-corrected chi connectivity index (χ1v) is 7.54. The molecule has 2 aromatic carbocycles. The highest BCUT2D eigenvalue weighted by atomic mass is 79.9. The van der Waals surface area contributed by atoms with E-state index in [1.807, 2.05) is 0 Å². The van der Waals surface area contributed by atoms with Gasteiger partial charge in [-0.15, -0.1) is 0 Å². The standard InChI is InChI=1S/C16H14BrN3O3/c1-10-7-8-12(9-15(10)20(22)23)11(2)18-19-16(21)13-5-3-4-6-14(13)17/h3-9H,1-2H3,(H,19,21)/b18-11-. The van der Waals surface area contributed by atoms with Crippen LogP contribution in [0.1, 0.15) is 28.4 Å². The summed E-state index contributed by atoms with van der Waals surface area (Å²) in [5.41, 5.74) is 4.56. The number of carbonyl (C=O) groups is 1. The summed E-state index contributed by atoms with van der Waals surface area (Å²) in [6.07, 6.45) is 0. The van der Waals surface area contributed by atoms with Crippen molar-refractivity contribution in [3.8, 4) is 0 Å². The Morgan fingerprint density at radius 1 is 1.26 bits per heavy atom. The second-order valence-electron chi connectivity index (χ2n) is 4.88. The number of hydrazone groups is 1. The van der Waals surface area contributed by atoms with Gasteiger partial charge in [-0.05, 0) is 41.9 Å². The molecule has 0 saturated carbocycles. The molecule has 0 atom stereocenters. The van der Waals surface area contributed by atoms with Gasteiger partial charge in [-0.3, -0.25) is 14.9 Å². The number of nitrogens with one attached hydrogen (secondary N) is 1. The number of hydrogen-bond acceptors (Lipinski definition) is 4. The van der Waals surface area contributed by atoms with Crippen molar-refractivity contribution in [2.24, 2.45) is 5.10 Å². The molecule has 0 aliphatic carbocycles. The monoisotopic (exact) mass is 375 g/mol. The van der Waals surface area contributed by atoms with Crippen LogP contribution in [-0.4, -0.2) is 16.5 Å². The molecule has 0 unspecified atom stereocenters. The van der Waals surface area contributed by atoms with Crippen LogP contribution >= 0.6 is 15.9 Å². The fourth-order valence-electron chi connectivity index (χ4n) is 1.94. The minimum Gasteiger partial charge on any atom is -0.267 e. The van der Waals surface area contributed by atoms with Crippen molar-refractivity contribution in [3.05, 3.63) is 73.7 Å². The Balaban J connectivity index is 2.21. The number of nitro groups is 1. The van der Waals surface area contributed by atoms with Crippen LogP contribution in [0.4, 0.5) is 5.69 Å². The minimum atomic E-state index is -0.439. The zero-order chi connectivity index (χ0) is 17.0. The number of amides is 1. The molecule has 0 heterocycles. The molecule has 7 heteroatoms. The van der Waals surface area contributed by atoms with Gasteiger partial charge in [0.2, 0.25) is 0 Å². The molecule has 1 amide bonds. The smallest absolute Gasteiger partial charge is 0.267 e. The molecule has 6 nitrogen and oxygen atoms in total.